The molecule has 29 heavy (non-hydrogen) atoms. The number of rotatable bonds is 7. The van der Waals surface area contributed by atoms with Crippen LogP contribution in [0.3, 0.4) is 0 Å². The van der Waals surface area contributed by atoms with Crippen LogP contribution in [-0.2, 0) is 12.0 Å². The van der Waals surface area contributed by atoms with Crippen LogP contribution in [0, 0.1) is 0 Å². The van der Waals surface area contributed by atoms with Gasteiger partial charge in [-0.1, -0.05) is 51.1 Å². The fourth-order valence-corrected chi connectivity index (χ4v) is 3.60. The highest BCUT2D eigenvalue weighted by Crippen LogP contribution is 2.25. The Balaban J connectivity index is 1.66. The number of oxazole rings is 1. The molecule has 1 unspecified atom stereocenters. The molecule has 2 N–H and O–H groups in total. The van der Waals surface area contributed by atoms with E-state index in [1.54, 1.807) is 0 Å². The van der Waals surface area contributed by atoms with Crippen LogP contribution in [-0.4, -0.2) is 42.0 Å². The molecule has 1 aliphatic heterocycles. The molecule has 3 rings (SSSR count). The van der Waals surface area contributed by atoms with Crippen molar-refractivity contribution in [3.8, 4) is 0 Å². The molecule has 0 aliphatic carbocycles. The van der Waals surface area contributed by atoms with E-state index in [4.69, 9.17) is 9.41 Å². The predicted molar refractivity (Wildman–Crippen MR) is 118 cm³/mol. The summed E-state index contributed by atoms with van der Waals surface area (Å²) in [6.45, 7) is 12.8. The summed E-state index contributed by atoms with van der Waals surface area (Å²) in [6, 6.07) is 11.1. The summed E-state index contributed by atoms with van der Waals surface area (Å²) in [7, 11) is 0. The third kappa shape index (κ3) is 6.07. The van der Waals surface area contributed by atoms with Crippen molar-refractivity contribution < 1.29 is 4.42 Å². The number of hydrogen-bond acceptors (Lipinski definition) is 4. The number of guanidine groups is 1. The molecule has 2 aromatic rings. The lowest BCUT2D eigenvalue weighted by molar-refractivity contribution is 0.245. The summed E-state index contributed by atoms with van der Waals surface area (Å²) in [6.07, 6.45) is 4.36. The quantitative estimate of drug-likeness (QED) is 0.548. The second-order valence-corrected chi connectivity index (χ2v) is 8.61. The zero-order chi connectivity index (χ0) is 20.7. The number of benzene rings is 1. The first-order chi connectivity index (χ1) is 14.0. The topological polar surface area (TPSA) is 65.7 Å². The largest absolute Gasteiger partial charge is 0.443 e. The molecule has 1 saturated heterocycles. The van der Waals surface area contributed by atoms with Crippen LogP contribution in [0.25, 0.3) is 0 Å². The molecule has 158 valence electrons. The Kier molecular flexibility index (Phi) is 7.31. The minimum Gasteiger partial charge on any atom is -0.443 e. The van der Waals surface area contributed by atoms with Crippen molar-refractivity contribution in [1.29, 1.82) is 0 Å². The Labute approximate surface area is 174 Å². The fourth-order valence-electron chi connectivity index (χ4n) is 3.60. The van der Waals surface area contributed by atoms with E-state index in [0.717, 1.165) is 37.9 Å². The van der Waals surface area contributed by atoms with Gasteiger partial charge in [0.1, 0.15) is 12.3 Å². The SMILES string of the molecule is CCNC(=NCc1ncc(C(C)(C)C)o1)NCC(c1ccccc1)N1CCCC1. The summed E-state index contributed by atoms with van der Waals surface area (Å²) >= 11 is 0. The van der Waals surface area contributed by atoms with Gasteiger partial charge in [0.25, 0.3) is 0 Å². The molecule has 6 nitrogen and oxygen atoms in total. The highest BCUT2D eigenvalue weighted by Gasteiger charge is 2.23. The van der Waals surface area contributed by atoms with Crippen molar-refractivity contribution in [1.82, 2.24) is 20.5 Å². The first-order valence-electron chi connectivity index (χ1n) is 10.7. The van der Waals surface area contributed by atoms with Gasteiger partial charge >= 0.3 is 0 Å². The first-order valence-corrected chi connectivity index (χ1v) is 10.7. The maximum Gasteiger partial charge on any atom is 0.216 e. The van der Waals surface area contributed by atoms with Gasteiger partial charge in [0.2, 0.25) is 5.89 Å². The highest BCUT2D eigenvalue weighted by molar-refractivity contribution is 5.79. The van der Waals surface area contributed by atoms with Gasteiger partial charge < -0.3 is 15.1 Å². The molecule has 2 heterocycles. The average Bonchev–Trinajstić information content (AvgIpc) is 3.39. The van der Waals surface area contributed by atoms with Gasteiger partial charge in [0.15, 0.2) is 5.96 Å². The van der Waals surface area contributed by atoms with Crippen molar-refractivity contribution in [2.45, 2.75) is 58.5 Å². The van der Waals surface area contributed by atoms with E-state index in [9.17, 15) is 0 Å². The van der Waals surface area contributed by atoms with Gasteiger partial charge in [0.05, 0.1) is 12.2 Å². The van der Waals surface area contributed by atoms with Crippen LogP contribution in [0.1, 0.15) is 63.8 Å². The summed E-state index contributed by atoms with van der Waals surface area (Å²) in [4.78, 5) is 11.6. The number of likely N-dealkylation sites (tertiary alicyclic amines) is 1. The Morgan fingerprint density at radius 3 is 2.52 bits per heavy atom. The summed E-state index contributed by atoms with van der Waals surface area (Å²) in [5.41, 5.74) is 1.30. The molecule has 1 aliphatic rings. The van der Waals surface area contributed by atoms with Crippen LogP contribution in [0.2, 0.25) is 0 Å². The normalized spacial score (nSPS) is 16.8. The molecule has 1 aromatic heterocycles. The van der Waals surface area contributed by atoms with E-state index in [1.807, 2.05) is 6.20 Å². The van der Waals surface area contributed by atoms with Crippen molar-refractivity contribution >= 4 is 5.96 Å². The van der Waals surface area contributed by atoms with E-state index < -0.39 is 0 Å². The molecule has 0 radical (unpaired) electrons. The zero-order valence-electron chi connectivity index (χ0n) is 18.2. The molecular weight excluding hydrogens is 362 g/mol. The van der Waals surface area contributed by atoms with Crippen molar-refractivity contribution in [2.24, 2.45) is 4.99 Å². The minimum absolute atomic E-state index is 0.0453. The monoisotopic (exact) mass is 397 g/mol. The number of nitrogens with zero attached hydrogens (tertiary/aromatic N) is 3. The van der Waals surface area contributed by atoms with Gasteiger partial charge in [-0.25, -0.2) is 9.98 Å². The van der Waals surface area contributed by atoms with Crippen LogP contribution in [0.4, 0.5) is 0 Å². The van der Waals surface area contributed by atoms with Crippen LogP contribution in [0.15, 0.2) is 45.9 Å². The lowest BCUT2D eigenvalue weighted by atomic mass is 9.94. The van der Waals surface area contributed by atoms with Crippen molar-refractivity contribution in [3.05, 3.63) is 53.7 Å². The van der Waals surface area contributed by atoms with Gasteiger partial charge in [-0.05, 0) is 38.4 Å². The van der Waals surface area contributed by atoms with E-state index in [2.05, 4.69) is 78.5 Å². The smallest absolute Gasteiger partial charge is 0.216 e. The first kappa shape index (κ1) is 21.4. The summed E-state index contributed by atoms with van der Waals surface area (Å²) in [5, 5.41) is 6.87. The second-order valence-electron chi connectivity index (χ2n) is 8.61. The van der Waals surface area contributed by atoms with E-state index in [-0.39, 0.29) is 5.41 Å². The maximum atomic E-state index is 5.87. The predicted octanol–water partition coefficient (Wildman–Crippen LogP) is 3.86. The number of nitrogens with one attached hydrogen (secondary N) is 2. The van der Waals surface area contributed by atoms with Crippen molar-refractivity contribution in [3.63, 3.8) is 0 Å². The Bertz CT molecular complexity index is 772. The molecule has 0 bridgehead atoms. The zero-order valence-corrected chi connectivity index (χ0v) is 18.2. The van der Waals surface area contributed by atoms with Gasteiger partial charge in [-0.15, -0.1) is 0 Å². The van der Waals surface area contributed by atoms with Gasteiger partial charge in [-0.2, -0.15) is 0 Å². The minimum atomic E-state index is -0.0453. The van der Waals surface area contributed by atoms with Gasteiger partial charge in [-0.3, -0.25) is 4.90 Å². The number of aromatic nitrogens is 1. The third-order valence-electron chi connectivity index (χ3n) is 5.24. The van der Waals surface area contributed by atoms with Crippen LogP contribution >= 0.6 is 0 Å². The van der Waals surface area contributed by atoms with Crippen LogP contribution < -0.4 is 10.6 Å². The lowest BCUT2D eigenvalue weighted by Gasteiger charge is -2.29. The molecular formula is C23H35N5O. The van der Waals surface area contributed by atoms with E-state index in [1.165, 1.54) is 18.4 Å². The van der Waals surface area contributed by atoms with E-state index in [0.29, 0.717) is 18.5 Å². The Hall–Kier alpha value is -2.34. The Morgan fingerprint density at radius 2 is 1.90 bits per heavy atom. The Morgan fingerprint density at radius 1 is 1.17 bits per heavy atom. The lowest BCUT2D eigenvalue weighted by Crippen LogP contribution is -2.42. The fraction of sp³-hybridized carbons (Fsp3) is 0.565. The van der Waals surface area contributed by atoms with Crippen LogP contribution in [0.5, 0.6) is 0 Å². The highest BCUT2D eigenvalue weighted by atomic mass is 16.4. The second kappa shape index (κ2) is 9.92. The molecule has 1 fully saturated rings. The molecule has 0 amide bonds. The standard InChI is InChI=1S/C23H35N5O/c1-5-24-22(27-17-21-25-16-20(29-21)23(2,3)4)26-15-19(28-13-9-10-14-28)18-11-7-6-8-12-18/h6-8,11-12,16,19H,5,9-10,13-15,17H2,1-4H3,(H2,24,26,27). The third-order valence-corrected chi connectivity index (χ3v) is 5.24. The maximum absolute atomic E-state index is 5.87. The molecule has 6 heteroatoms. The van der Waals surface area contributed by atoms with Crippen molar-refractivity contribution in [2.75, 3.05) is 26.2 Å². The number of aliphatic imine (C=N–C) groups is 1. The van der Waals surface area contributed by atoms with E-state index >= 15 is 0 Å². The number of hydrogen-bond donors (Lipinski definition) is 2. The van der Waals surface area contributed by atoms with Gasteiger partial charge in [0, 0.05) is 18.5 Å². The summed E-state index contributed by atoms with van der Waals surface area (Å²) < 4.78 is 5.87. The molecule has 1 aromatic carbocycles. The summed E-state index contributed by atoms with van der Waals surface area (Å²) in [5.74, 6) is 2.33. The average molecular weight is 398 g/mol. The molecule has 0 saturated carbocycles. The molecule has 1 atom stereocenters. The molecule has 0 spiro atoms.